The van der Waals surface area contributed by atoms with E-state index < -0.39 is 34.3 Å². The van der Waals surface area contributed by atoms with E-state index in [4.69, 9.17) is 14.0 Å². The van der Waals surface area contributed by atoms with Crippen LogP contribution in [0, 0.1) is 0 Å². The number of hydrogen-bond acceptors (Lipinski definition) is 6. The number of amides is 1. The van der Waals surface area contributed by atoms with Crippen LogP contribution in [0.5, 0.6) is 0 Å². The van der Waals surface area contributed by atoms with Crippen molar-refractivity contribution in [2.75, 3.05) is 12.8 Å². The minimum absolute atomic E-state index is 0.0151. The van der Waals surface area contributed by atoms with Crippen molar-refractivity contribution in [3.8, 4) is 0 Å². The predicted molar refractivity (Wildman–Crippen MR) is 79.1 cm³/mol. The first-order valence-corrected chi connectivity index (χ1v) is 8.66. The van der Waals surface area contributed by atoms with Gasteiger partial charge in [-0.25, -0.2) is 9.59 Å². The summed E-state index contributed by atoms with van der Waals surface area (Å²) in [7, 11) is -3.73. The maximum atomic E-state index is 12.1. The summed E-state index contributed by atoms with van der Waals surface area (Å²) in [5.41, 5.74) is 0.768. The van der Waals surface area contributed by atoms with Crippen LogP contribution in [0.15, 0.2) is 30.3 Å². The molecule has 0 aromatic heterocycles. The van der Waals surface area contributed by atoms with Gasteiger partial charge in [-0.1, -0.05) is 30.3 Å². The van der Waals surface area contributed by atoms with Crippen LogP contribution < -0.4 is 0 Å². The average Bonchev–Trinajstić information content (AvgIpc) is 2.88. The van der Waals surface area contributed by atoms with Gasteiger partial charge < -0.3 is 9.84 Å². The van der Waals surface area contributed by atoms with Crippen LogP contribution in [0.2, 0.25) is 0 Å². The Labute approximate surface area is 133 Å². The molecule has 1 aromatic rings. The third-order valence-corrected chi connectivity index (χ3v) is 3.94. The van der Waals surface area contributed by atoms with Gasteiger partial charge >= 0.3 is 12.1 Å². The van der Waals surface area contributed by atoms with Gasteiger partial charge in [0, 0.05) is 6.42 Å². The molecule has 1 aliphatic heterocycles. The first kappa shape index (κ1) is 17.2. The molecular formula is C14H17NO7S. The SMILES string of the molecule is CS(=O)(=O)OC1CC(C(=O)OCc2ccccc2)N(C(=O)O)C1. The van der Waals surface area contributed by atoms with Crippen molar-refractivity contribution in [1.82, 2.24) is 4.90 Å². The van der Waals surface area contributed by atoms with Crippen LogP contribution in [0.3, 0.4) is 0 Å². The lowest BCUT2D eigenvalue weighted by molar-refractivity contribution is -0.149. The van der Waals surface area contributed by atoms with Gasteiger partial charge in [0.25, 0.3) is 10.1 Å². The molecule has 1 fully saturated rings. The number of ether oxygens (including phenoxy) is 1. The van der Waals surface area contributed by atoms with E-state index in [0.29, 0.717) is 0 Å². The number of carboxylic acid groups (broad SMARTS) is 1. The lowest BCUT2D eigenvalue weighted by Crippen LogP contribution is -2.40. The van der Waals surface area contributed by atoms with E-state index in [-0.39, 0.29) is 19.6 Å². The molecule has 2 atom stereocenters. The average molecular weight is 343 g/mol. The molecule has 8 nitrogen and oxygen atoms in total. The van der Waals surface area contributed by atoms with Crippen LogP contribution in [-0.4, -0.2) is 55.4 Å². The molecule has 0 aliphatic carbocycles. The van der Waals surface area contributed by atoms with Crippen LogP contribution in [0.25, 0.3) is 0 Å². The molecule has 2 unspecified atom stereocenters. The molecule has 2 rings (SSSR count). The monoisotopic (exact) mass is 343 g/mol. The van der Waals surface area contributed by atoms with Crippen molar-refractivity contribution in [3.05, 3.63) is 35.9 Å². The van der Waals surface area contributed by atoms with Gasteiger partial charge in [-0.05, 0) is 5.56 Å². The molecule has 23 heavy (non-hydrogen) atoms. The molecular weight excluding hydrogens is 326 g/mol. The van der Waals surface area contributed by atoms with Gasteiger partial charge in [0.1, 0.15) is 12.6 Å². The predicted octanol–water partition coefficient (Wildman–Crippen LogP) is 0.827. The number of rotatable bonds is 5. The van der Waals surface area contributed by atoms with E-state index in [2.05, 4.69) is 0 Å². The number of hydrogen-bond donors (Lipinski definition) is 1. The fourth-order valence-electron chi connectivity index (χ4n) is 2.37. The van der Waals surface area contributed by atoms with Crippen molar-refractivity contribution in [2.24, 2.45) is 0 Å². The van der Waals surface area contributed by atoms with E-state index >= 15 is 0 Å². The Hall–Kier alpha value is -2.13. The molecule has 0 radical (unpaired) electrons. The first-order valence-electron chi connectivity index (χ1n) is 6.84. The quantitative estimate of drug-likeness (QED) is 0.622. The Bertz CT molecular complexity index is 674. The number of carbonyl (C=O) groups is 2. The molecule has 0 bridgehead atoms. The number of carbonyl (C=O) groups excluding carboxylic acids is 1. The highest BCUT2D eigenvalue weighted by Gasteiger charge is 2.42. The fourth-order valence-corrected chi connectivity index (χ4v) is 3.01. The second-order valence-electron chi connectivity index (χ2n) is 5.20. The van der Waals surface area contributed by atoms with Gasteiger partial charge in [0.2, 0.25) is 0 Å². The van der Waals surface area contributed by atoms with Crippen molar-refractivity contribution >= 4 is 22.2 Å². The summed E-state index contributed by atoms with van der Waals surface area (Å²) in [6, 6.07) is 7.86. The third-order valence-electron chi connectivity index (χ3n) is 3.32. The molecule has 0 saturated carbocycles. The topological polar surface area (TPSA) is 110 Å². The Morgan fingerprint density at radius 3 is 2.52 bits per heavy atom. The summed E-state index contributed by atoms with van der Waals surface area (Å²) in [6.07, 6.45) is -1.41. The fraction of sp³-hybridized carbons (Fsp3) is 0.429. The highest BCUT2D eigenvalue weighted by molar-refractivity contribution is 7.86. The zero-order chi connectivity index (χ0) is 17.0. The van der Waals surface area contributed by atoms with E-state index in [1.165, 1.54) is 0 Å². The Kier molecular flexibility index (Phi) is 5.22. The van der Waals surface area contributed by atoms with E-state index in [0.717, 1.165) is 16.7 Å². The lowest BCUT2D eigenvalue weighted by Gasteiger charge is -2.19. The Morgan fingerprint density at radius 1 is 1.30 bits per heavy atom. The molecule has 1 heterocycles. The summed E-state index contributed by atoms with van der Waals surface area (Å²) in [6.45, 7) is -0.186. The maximum Gasteiger partial charge on any atom is 0.408 e. The summed E-state index contributed by atoms with van der Waals surface area (Å²) in [5, 5.41) is 9.15. The Morgan fingerprint density at radius 2 is 1.96 bits per heavy atom. The van der Waals surface area contributed by atoms with Gasteiger partial charge in [-0.2, -0.15) is 8.42 Å². The minimum atomic E-state index is -3.73. The zero-order valence-electron chi connectivity index (χ0n) is 12.4. The summed E-state index contributed by atoms with van der Waals surface area (Å²) in [4.78, 5) is 24.2. The van der Waals surface area contributed by atoms with Gasteiger partial charge in [0.05, 0.1) is 18.9 Å². The number of nitrogens with zero attached hydrogens (tertiary/aromatic N) is 1. The van der Waals surface area contributed by atoms with Crippen LogP contribution in [0.1, 0.15) is 12.0 Å². The molecule has 1 aromatic carbocycles. The molecule has 1 aliphatic rings. The van der Waals surface area contributed by atoms with Gasteiger partial charge in [0.15, 0.2) is 0 Å². The first-order chi connectivity index (χ1) is 10.8. The Balaban J connectivity index is 2.00. The van der Waals surface area contributed by atoms with E-state index in [1.54, 1.807) is 24.3 Å². The summed E-state index contributed by atoms with van der Waals surface area (Å²) >= 11 is 0. The largest absolute Gasteiger partial charge is 0.465 e. The van der Waals surface area contributed by atoms with Crippen molar-refractivity contribution in [3.63, 3.8) is 0 Å². The molecule has 1 saturated heterocycles. The van der Waals surface area contributed by atoms with Crippen LogP contribution in [0.4, 0.5) is 4.79 Å². The molecule has 126 valence electrons. The maximum absolute atomic E-state index is 12.1. The van der Waals surface area contributed by atoms with E-state index in [9.17, 15) is 18.0 Å². The highest BCUT2D eigenvalue weighted by Crippen LogP contribution is 2.23. The zero-order valence-corrected chi connectivity index (χ0v) is 13.2. The summed E-state index contributed by atoms with van der Waals surface area (Å²) < 4.78 is 32.2. The van der Waals surface area contributed by atoms with Gasteiger partial charge in [-0.15, -0.1) is 0 Å². The smallest absolute Gasteiger partial charge is 0.408 e. The normalized spacial score (nSPS) is 21.2. The van der Waals surface area contributed by atoms with Crippen LogP contribution in [-0.2, 0) is 30.4 Å². The van der Waals surface area contributed by atoms with Gasteiger partial charge in [-0.3, -0.25) is 9.08 Å². The van der Waals surface area contributed by atoms with Crippen molar-refractivity contribution in [1.29, 1.82) is 0 Å². The number of benzene rings is 1. The minimum Gasteiger partial charge on any atom is -0.465 e. The standard InChI is InChI=1S/C14H17NO7S/c1-23(19,20)22-11-7-12(15(8-11)14(17)18)13(16)21-9-10-5-3-2-4-6-10/h2-6,11-12H,7-9H2,1H3,(H,17,18). The third kappa shape index (κ3) is 4.93. The molecule has 1 N–H and O–H groups in total. The van der Waals surface area contributed by atoms with Crippen LogP contribution >= 0.6 is 0 Å². The number of likely N-dealkylation sites (tertiary alicyclic amines) is 1. The second kappa shape index (κ2) is 6.97. The molecule has 0 spiro atoms. The molecule has 1 amide bonds. The van der Waals surface area contributed by atoms with Crippen molar-refractivity contribution in [2.45, 2.75) is 25.2 Å². The van der Waals surface area contributed by atoms with E-state index in [1.807, 2.05) is 6.07 Å². The van der Waals surface area contributed by atoms with Crippen molar-refractivity contribution < 1.29 is 32.0 Å². The lowest BCUT2D eigenvalue weighted by atomic mass is 10.2. The second-order valence-corrected chi connectivity index (χ2v) is 6.80. The highest BCUT2D eigenvalue weighted by atomic mass is 32.2. The molecule has 9 heteroatoms. The number of esters is 1. The summed E-state index contributed by atoms with van der Waals surface area (Å²) in [5.74, 6) is -0.726.